The second-order valence-corrected chi connectivity index (χ2v) is 5.82. The summed E-state index contributed by atoms with van der Waals surface area (Å²) in [5.74, 6) is -0.00851. The first-order valence-corrected chi connectivity index (χ1v) is 6.56. The second-order valence-electron chi connectivity index (χ2n) is 5.82. The summed E-state index contributed by atoms with van der Waals surface area (Å²) in [5, 5.41) is 15.2. The molecule has 3 N–H and O–H groups in total. The topological polar surface area (TPSA) is 61.4 Å². The third-order valence-electron chi connectivity index (χ3n) is 2.68. The van der Waals surface area contributed by atoms with Crippen LogP contribution in [0.4, 0.5) is 0 Å². The number of aliphatic hydroxyl groups excluding tert-OH is 1. The van der Waals surface area contributed by atoms with E-state index in [1.807, 2.05) is 52.0 Å². The molecule has 0 saturated heterocycles. The molecule has 0 bridgehead atoms. The average Bonchev–Trinajstić information content (AvgIpc) is 2.34. The first kappa shape index (κ1) is 15.7. The molecule has 0 aliphatic carbocycles. The highest BCUT2D eigenvalue weighted by atomic mass is 16.3. The van der Waals surface area contributed by atoms with Crippen molar-refractivity contribution >= 4 is 5.91 Å². The average molecular weight is 264 g/mol. The van der Waals surface area contributed by atoms with Crippen molar-refractivity contribution in [2.75, 3.05) is 0 Å². The van der Waals surface area contributed by atoms with Gasteiger partial charge in [-0.15, -0.1) is 0 Å². The van der Waals surface area contributed by atoms with E-state index in [4.69, 9.17) is 5.11 Å². The molecule has 106 valence electrons. The van der Waals surface area contributed by atoms with Crippen LogP contribution in [0.15, 0.2) is 24.3 Å². The summed E-state index contributed by atoms with van der Waals surface area (Å²) >= 11 is 0. The Labute approximate surface area is 115 Å². The monoisotopic (exact) mass is 264 g/mol. The zero-order chi connectivity index (χ0) is 14.5. The first-order chi connectivity index (χ1) is 8.81. The summed E-state index contributed by atoms with van der Waals surface area (Å²) in [6.45, 7) is 8.37. The molecular formula is C15H24N2O2. The molecule has 1 rings (SSSR count). The van der Waals surface area contributed by atoms with Gasteiger partial charge in [-0.25, -0.2) is 0 Å². The fourth-order valence-electron chi connectivity index (χ4n) is 1.68. The van der Waals surface area contributed by atoms with Crippen LogP contribution in [0, 0.1) is 0 Å². The Morgan fingerprint density at radius 3 is 2.53 bits per heavy atom. The molecule has 4 heteroatoms. The Kier molecular flexibility index (Phi) is 5.51. The van der Waals surface area contributed by atoms with Gasteiger partial charge in [-0.1, -0.05) is 24.3 Å². The molecule has 1 aromatic carbocycles. The van der Waals surface area contributed by atoms with Gasteiger partial charge in [0.05, 0.1) is 12.6 Å². The second kappa shape index (κ2) is 6.68. The van der Waals surface area contributed by atoms with Crippen molar-refractivity contribution in [1.82, 2.24) is 10.6 Å². The quantitative estimate of drug-likeness (QED) is 0.756. The standard InChI is InChI=1S/C15H24N2O2/c1-11(14(19)17-15(2,3)4)16-9-12-6-5-7-13(8-12)10-18/h5-8,11,16,18H,9-10H2,1-4H3,(H,17,19). The van der Waals surface area contributed by atoms with E-state index in [1.54, 1.807) is 0 Å². The fraction of sp³-hybridized carbons (Fsp3) is 0.533. The Bertz CT molecular complexity index is 424. The smallest absolute Gasteiger partial charge is 0.237 e. The molecule has 0 heterocycles. The van der Waals surface area contributed by atoms with E-state index >= 15 is 0 Å². The van der Waals surface area contributed by atoms with Gasteiger partial charge in [0.25, 0.3) is 0 Å². The lowest BCUT2D eigenvalue weighted by Gasteiger charge is -2.23. The molecule has 1 aromatic rings. The van der Waals surface area contributed by atoms with E-state index in [-0.39, 0.29) is 24.1 Å². The molecule has 0 spiro atoms. The van der Waals surface area contributed by atoms with Crippen LogP contribution >= 0.6 is 0 Å². The molecule has 0 aliphatic heterocycles. The molecule has 19 heavy (non-hydrogen) atoms. The van der Waals surface area contributed by atoms with Crippen molar-refractivity contribution in [3.63, 3.8) is 0 Å². The van der Waals surface area contributed by atoms with Gasteiger partial charge >= 0.3 is 0 Å². The Morgan fingerprint density at radius 2 is 1.95 bits per heavy atom. The van der Waals surface area contributed by atoms with Crippen LogP contribution < -0.4 is 10.6 Å². The number of benzene rings is 1. The van der Waals surface area contributed by atoms with Crippen LogP contribution in [0.5, 0.6) is 0 Å². The van der Waals surface area contributed by atoms with Crippen molar-refractivity contribution in [3.05, 3.63) is 35.4 Å². The van der Waals surface area contributed by atoms with Crippen molar-refractivity contribution in [2.24, 2.45) is 0 Å². The highest BCUT2D eigenvalue weighted by Gasteiger charge is 2.18. The molecule has 1 amide bonds. The maximum Gasteiger partial charge on any atom is 0.237 e. The fourth-order valence-corrected chi connectivity index (χ4v) is 1.68. The van der Waals surface area contributed by atoms with Crippen LogP contribution in [0.2, 0.25) is 0 Å². The van der Waals surface area contributed by atoms with Crippen molar-refractivity contribution in [2.45, 2.75) is 52.4 Å². The molecule has 1 atom stereocenters. The number of rotatable bonds is 5. The van der Waals surface area contributed by atoms with Crippen LogP contribution in [0.3, 0.4) is 0 Å². The normalized spacial score (nSPS) is 13.1. The summed E-state index contributed by atoms with van der Waals surface area (Å²) in [5.41, 5.74) is 1.72. The summed E-state index contributed by atoms with van der Waals surface area (Å²) in [6.07, 6.45) is 0. The predicted molar refractivity (Wildman–Crippen MR) is 76.6 cm³/mol. The van der Waals surface area contributed by atoms with Gasteiger partial charge in [0.1, 0.15) is 0 Å². The van der Waals surface area contributed by atoms with Crippen molar-refractivity contribution < 1.29 is 9.90 Å². The van der Waals surface area contributed by atoms with E-state index in [0.717, 1.165) is 11.1 Å². The lowest BCUT2D eigenvalue weighted by Crippen LogP contribution is -2.49. The van der Waals surface area contributed by atoms with Crippen molar-refractivity contribution in [3.8, 4) is 0 Å². The van der Waals surface area contributed by atoms with Crippen LogP contribution in [-0.4, -0.2) is 22.6 Å². The zero-order valence-electron chi connectivity index (χ0n) is 12.2. The third kappa shape index (κ3) is 5.85. The lowest BCUT2D eigenvalue weighted by atomic mass is 10.1. The highest BCUT2D eigenvalue weighted by Crippen LogP contribution is 2.05. The van der Waals surface area contributed by atoms with Gasteiger partial charge in [0.15, 0.2) is 0 Å². The number of hydrogen-bond donors (Lipinski definition) is 3. The number of carbonyl (C=O) groups is 1. The summed E-state index contributed by atoms with van der Waals surface area (Å²) in [6, 6.07) is 7.43. The lowest BCUT2D eigenvalue weighted by molar-refractivity contribution is -0.124. The molecule has 0 radical (unpaired) electrons. The Hall–Kier alpha value is -1.39. The minimum Gasteiger partial charge on any atom is -0.392 e. The maximum atomic E-state index is 11.9. The number of hydrogen-bond acceptors (Lipinski definition) is 3. The van der Waals surface area contributed by atoms with E-state index in [9.17, 15) is 4.79 Å². The van der Waals surface area contributed by atoms with Gasteiger partial charge in [-0.05, 0) is 38.8 Å². The molecule has 0 aliphatic rings. The predicted octanol–water partition coefficient (Wildman–Crippen LogP) is 1.57. The molecule has 1 unspecified atom stereocenters. The first-order valence-electron chi connectivity index (χ1n) is 6.56. The summed E-state index contributed by atoms with van der Waals surface area (Å²) in [4.78, 5) is 11.9. The van der Waals surface area contributed by atoms with Crippen LogP contribution in [-0.2, 0) is 17.9 Å². The van der Waals surface area contributed by atoms with E-state index in [1.165, 1.54) is 0 Å². The van der Waals surface area contributed by atoms with E-state index < -0.39 is 0 Å². The Morgan fingerprint density at radius 1 is 1.32 bits per heavy atom. The van der Waals surface area contributed by atoms with E-state index in [2.05, 4.69) is 10.6 Å². The number of nitrogens with one attached hydrogen (secondary N) is 2. The van der Waals surface area contributed by atoms with Crippen molar-refractivity contribution in [1.29, 1.82) is 0 Å². The third-order valence-corrected chi connectivity index (χ3v) is 2.68. The molecule has 0 saturated carbocycles. The molecular weight excluding hydrogens is 240 g/mol. The summed E-state index contributed by atoms with van der Waals surface area (Å²) in [7, 11) is 0. The summed E-state index contributed by atoms with van der Waals surface area (Å²) < 4.78 is 0. The zero-order valence-corrected chi connectivity index (χ0v) is 12.2. The number of carbonyl (C=O) groups excluding carboxylic acids is 1. The van der Waals surface area contributed by atoms with E-state index in [0.29, 0.717) is 6.54 Å². The minimum absolute atomic E-state index is 0.00851. The van der Waals surface area contributed by atoms with Gasteiger partial charge < -0.3 is 15.7 Å². The SMILES string of the molecule is CC(NCc1cccc(CO)c1)C(=O)NC(C)(C)C. The maximum absolute atomic E-state index is 11.9. The van der Waals surface area contributed by atoms with Crippen LogP contribution in [0.25, 0.3) is 0 Å². The van der Waals surface area contributed by atoms with Gasteiger partial charge in [-0.3, -0.25) is 4.79 Å². The van der Waals surface area contributed by atoms with Crippen LogP contribution in [0.1, 0.15) is 38.8 Å². The van der Waals surface area contributed by atoms with Gasteiger partial charge in [0.2, 0.25) is 5.91 Å². The minimum atomic E-state index is -0.253. The number of amides is 1. The Balaban J connectivity index is 2.49. The highest BCUT2D eigenvalue weighted by molar-refractivity contribution is 5.81. The molecule has 4 nitrogen and oxygen atoms in total. The largest absolute Gasteiger partial charge is 0.392 e. The number of aliphatic hydroxyl groups is 1. The molecule has 0 fully saturated rings. The molecule has 0 aromatic heterocycles. The van der Waals surface area contributed by atoms with Gasteiger partial charge in [-0.2, -0.15) is 0 Å². The van der Waals surface area contributed by atoms with Gasteiger partial charge in [0, 0.05) is 12.1 Å².